The zero-order valence-electron chi connectivity index (χ0n) is 16.5. The SMILES string of the molecule is C=C(C)C(=O)OC(CC)[Si](OC)(OC)OC.C=C[Si](OC)(OC)OC. The number of carbonyl (C=O) groups is 1. The molecule has 8 nitrogen and oxygen atoms in total. The predicted octanol–water partition coefficient (Wildman–Crippen LogP) is 1.89. The van der Waals surface area contributed by atoms with Gasteiger partial charge in [-0.1, -0.05) is 20.1 Å². The zero-order valence-corrected chi connectivity index (χ0v) is 18.5. The summed E-state index contributed by atoms with van der Waals surface area (Å²) in [6.07, 6.45) is 0.556. The molecule has 0 saturated carbocycles. The van der Waals surface area contributed by atoms with Crippen molar-refractivity contribution in [2.75, 3.05) is 42.7 Å². The van der Waals surface area contributed by atoms with Crippen LogP contribution in [-0.4, -0.2) is 72.0 Å². The minimum atomic E-state index is -2.94. The number of esters is 1. The summed E-state index contributed by atoms with van der Waals surface area (Å²) in [5, 5.41) is 0. The molecule has 25 heavy (non-hydrogen) atoms. The molecule has 0 aliphatic heterocycles. The molecule has 148 valence electrons. The van der Waals surface area contributed by atoms with Crippen molar-refractivity contribution in [3.05, 3.63) is 24.4 Å². The average Bonchev–Trinajstić information content (AvgIpc) is 2.65. The third kappa shape index (κ3) is 7.92. The van der Waals surface area contributed by atoms with E-state index in [0.717, 1.165) is 0 Å². The standard InChI is InChI=1S/C10H20O5Si.C5H12O3Si/c1-7-9(15-10(11)8(2)3)16(12-4,13-5)14-6;1-5-9(6-2,7-3)8-4/h9H,2,7H2,1,3-6H3;5H,1H2,2-4H3. The van der Waals surface area contributed by atoms with Crippen molar-refractivity contribution in [3.8, 4) is 0 Å². The summed E-state index contributed by atoms with van der Waals surface area (Å²) in [6.45, 7) is 10.5. The smallest absolute Gasteiger partial charge is 0.454 e. The van der Waals surface area contributed by atoms with Crippen LogP contribution in [0.1, 0.15) is 20.3 Å². The van der Waals surface area contributed by atoms with Crippen LogP contribution in [0.3, 0.4) is 0 Å². The monoisotopic (exact) mass is 396 g/mol. The molecular weight excluding hydrogens is 364 g/mol. The van der Waals surface area contributed by atoms with E-state index >= 15 is 0 Å². The molecule has 0 spiro atoms. The van der Waals surface area contributed by atoms with E-state index in [1.54, 1.807) is 34.0 Å². The maximum atomic E-state index is 11.4. The molecule has 0 fully saturated rings. The molecule has 0 aromatic carbocycles. The second kappa shape index (κ2) is 13.4. The first kappa shape index (κ1) is 26.4. The van der Waals surface area contributed by atoms with Gasteiger partial charge in [0.15, 0.2) is 5.73 Å². The number of rotatable bonds is 11. The Labute approximate surface area is 153 Å². The summed E-state index contributed by atoms with van der Waals surface area (Å²) >= 11 is 0. The Hall–Kier alpha value is -0.856. The quantitative estimate of drug-likeness (QED) is 0.297. The van der Waals surface area contributed by atoms with Gasteiger partial charge in [-0.05, 0) is 19.0 Å². The average molecular weight is 397 g/mol. The maximum Gasteiger partial charge on any atom is 0.543 e. The molecule has 0 bridgehead atoms. The molecule has 0 N–H and O–H groups in total. The molecule has 0 heterocycles. The zero-order chi connectivity index (χ0) is 20.1. The van der Waals surface area contributed by atoms with Crippen LogP contribution < -0.4 is 0 Å². The highest BCUT2D eigenvalue weighted by molar-refractivity contribution is 6.66. The number of ether oxygens (including phenoxy) is 1. The van der Waals surface area contributed by atoms with Crippen LogP contribution in [0.2, 0.25) is 0 Å². The lowest BCUT2D eigenvalue weighted by molar-refractivity contribution is -0.143. The molecular formula is C15H32O8Si2. The van der Waals surface area contributed by atoms with E-state index in [2.05, 4.69) is 13.2 Å². The van der Waals surface area contributed by atoms with Gasteiger partial charge in [-0.25, -0.2) is 4.79 Å². The van der Waals surface area contributed by atoms with E-state index in [0.29, 0.717) is 12.0 Å². The highest BCUT2D eigenvalue weighted by atomic mass is 28.4. The van der Waals surface area contributed by atoms with E-state index in [1.165, 1.54) is 21.3 Å². The van der Waals surface area contributed by atoms with Crippen molar-refractivity contribution >= 4 is 23.6 Å². The van der Waals surface area contributed by atoms with E-state index in [4.69, 9.17) is 31.3 Å². The van der Waals surface area contributed by atoms with Crippen molar-refractivity contribution in [2.45, 2.75) is 26.0 Å². The Bertz CT molecular complexity index is 392. The van der Waals surface area contributed by atoms with Crippen molar-refractivity contribution in [3.63, 3.8) is 0 Å². The van der Waals surface area contributed by atoms with E-state index in [-0.39, 0.29) is 0 Å². The Kier molecular flexibility index (Phi) is 14.1. The van der Waals surface area contributed by atoms with E-state index in [1.807, 2.05) is 6.92 Å². The first-order valence-electron chi connectivity index (χ1n) is 7.52. The summed E-state index contributed by atoms with van der Waals surface area (Å²) in [6, 6.07) is 0. The molecule has 0 aromatic rings. The fourth-order valence-corrected chi connectivity index (χ4v) is 4.82. The van der Waals surface area contributed by atoms with Gasteiger partial charge in [0, 0.05) is 48.2 Å². The predicted molar refractivity (Wildman–Crippen MR) is 98.7 cm³/mol. The fourth-order valence-electron chi connectivity index (χ4n) is 1.78. The Balaban J connectivity index is 0. The molecule has 1 atom stereocenters. The van der Waals surface area contributed by atoms with Crippen LogP contribution >= 0.6 is 0 Å². The van der Waals surface area contributed by atoms with Gasteiger partial charge in [0.1, 0.15) is 0 Å². The van der Waals surface area contributed by atoms with Crippen molar-refractivity contribution in [2.24, 2.45) is 0 Å². The molecule has 10 heteroatoms. The van der Waals surface area contributed by atoms with E-state index < -0.39 is 29.3 Å². The number of hydrogen-bond donors (Lipinski definition) is 0. The Morgan fingerprint density at radius 3 is 1.52 bits per heavy atom. The van der Waals surface area contributed by atoms with Crippen LogP contribution in [-0.2, 0) is 36.1 Å². The molecule has 0 rings (SSSR count). The molecule has 0 aliphatic carbocycles. The van der Waals surface area contributed by atoms with Gasteiger partial charge in [-0.15, -0.1) is 0 Å². The molecule has 0 aromatic heterocycles. The third-order valence-electron chi connectivity index (χ3n) is 3.32. The number of hydrogen-bond acceptors (Lipinski definition) is 8. The van der Waals surface area contributed by atoms with Crippen LogP contribution in [0.15, 0.2) is 24.4 Å². The second-order valence-corrected chi connectivity index (χ2v) is 10.6. The number of carbonyl (C=O) groups excluding carboxylic acids is 1. The van der Waals surface area contributed by atoms with Gasteiger partial charge in [0.25, 0.3) is 0 Å². The van der Waals surface area contributed by atoms with Crippen molar-refractivity contribution in [1.82, 2.24) is 0 Å². The molecule has 0 aliphatic rings. The normalized spacial score (nSPS) is 12.6. The first-order valence-corrected chi connectivity index (χ1v) is 11.1. The van der Waals surface area contributed by atoms with Crippen LogP contribution in [0.4, 0.5) is 0 Å². The molecule has 0 radical (unpaired) electrons. The fraction of sp³-hybridized carbons (Fsp3) is 0.667. The van der Waals surface area contributed by atoms with Crippen molar-refractivity contribution < 1.29 is 36.1 Å². The largest absolute Gasteiger partial charge is 0.543 e. The molecule has 0 saturated heterocycles. The van der Waals surface area contributed by atoms with Crippen LogP contribution in [0, 0.1) is 0 Å². The summed E-state index contributed by atoms with van der Waals surface area (Å²) in [5.74, 6) is -0.463. The lowest BCUT2D eigenvalue weighted by Crippen LogP contribution is -2.56. The van der Waals surface area contributed by atoms with Gasteiger partial charge in [-0.2, -0.15) is 0 Å². The van der Waals surface area contributed by atoms with Crippen LogP contribution in [0.25, 0.3) is 0 Å². The van der Waals surface area contributed by atoms with Gasteiger partial charge >= 0.3 is 23.6 Å². The van der Waals surface area contributed by atoms with Gasteiger partial charge in [-0.3, -0.25) is 0 Å². The minimum absolute atomic E-state index is 0.338. The summed E-state index contributed by atoms with van der Waals surface area (Å²) in [5.41, 5.74) is 1.40. The minimum Gasteiger partial charge on any atom is -0.454 e. The van der Waals surface area contributed by atoms with Crippen molar-refractivity contribution in [1.29, 1.82) is 0 Å². The van der Waals surface area contributed by atoms with Gasteiger partial charge in [0.2, 0.25) is 0 Å². The van der Waals surface area contributed by atoms with Gasteiger partial charge in [0.05, 0.1) is 0 Å². The highest BCUT2D eigenvalue weighted by Gasteiger charge is 2.49. The summed E-state index contributed by atoms with van der Waals surface area (Å²) in [4.78, 5) is 11.4. The lowest BCUT2D eigenvalue weighted by Gasteiger charge is -2.31. The Morgan fingerprint density at radius 2 is 1.36 bits per heavy atom. The molecule has 1 unspecified atom stereocenters. The maximum absolute atomic E-state index is 11.4. The first-order chi connectivity index (χ1) is 11.7. The second-order valence-electron chi connectivity index (χ2n) is 4.72. The van der Waals surface area contributed by atoms with Gasteiger partial charge < -0.3 is 31.3 Å². The Morgan fingerprint density at radius 1 is 0.960 bits per heavy atom. The third-order valence-corrected chi connectivity index (χ3v) is 8.55. The lowest BCUT2D eigenvalue weighted by atomic mass is 10.4. The topological polar surface area (TPSA) is 81.7 Å². The van der Waals surface area contributed by atoms with Crippen LogP contribution in [0.5, 0.6) is 0 Å². The molecule has 0 amide bonds. The van der Waals surface area contributed by atoms with E-state index in [9.17, 15) is 4.79 Å². The summed E-state index contributed by atoms with van der Waals surface area (Å²) < 4.78 is 35.9. The summed E-state index contributed by atoms with van der Waals surface area (Å²) in [7, 11) is 3.71. The highest BCUT2D eigenvalue weighted by Crippen LogP contribution is 2.19.